The molecule has 17 atom stereocenters. The van der Waals surface area contributed by atoms with Gasteiger partial charge in [-0.3, -0.25) is 0 Å². The van der Waals surface area contributed by atoms with Crippen molar-refractivity contribution in [2.75, 3.05) is 19.8 Å². The highest BCUT2D eigenvalue weighted by atomic mass is 16.7. The van der Waals surface area contributed by atoms with E-state index in [-0.39, 0.29) is 41.8 Å². The van der Waals surface area contributed by atoms with Gasteiger partial charge in [-0.2, -0.15) is 0 Å². The number of hydrogen-bond acceptors (Lipinski definition) is 12. The number of aliphatic carboxylic acids is 1. The predicted molar refractivity (Wildman–Crippen MR) is 217 cm³/mol. The van der Waals surface area contributed by atoms with E-state index in [1.54, 1.807) is 13.0 Å². The lowest BCUT2D eigenvalue weighted by atomic mass is 9.68. The fraction of sp³-hybridized carbons (Fsp3) is 0.848. The van der Waals surface area contributed by atoms with E-state index < -0.39 is 71.0 Å². The maximum atomic E-state index is 11.7. The summed E-state index contributed by atoms with van der Waals surface area (Å²) >= 11 is 0. The zero-order valence-corrected chi connectivity index (χ0v) is 36.4. The normalized spacial score (nSPS) is 46.8. The third-order valence-corrected chi connectivity index (χ3v) is 15.0. The molecule has 0 radical (unpaired) electrons. The van der Waals surface area contributed by atoms with Gasteiger partial charge in [0.2, 0.25) is 5.79 Å². The standard InChI is InChI=1S/C46H72O13/c1-27-20-35(56-46(22-27)36(48)12-15-42(7,59-46)24-43(8,52)40(50)51)28(2)10-14-41(6)17-18-45(58-41)16-11-34-39(57-45)37(49)30(4)38(55-34)33(47)21-29(3)32-23-44(26-54-31(32)5)13-9-19-53-25-44/h10,14,22,28-29,31-39,47-49,52H,4,9,11-13,15-21,23-26H2,1-3,5-8H3,(H,50,51)/b14-10+/t28-,29-,31+,32-,33+,34-,35-,36+,37-,38-,39+,41-,42-,43+,44-,45-,46-/m0/s1. The lowest BCUT2D eigenvalue weighted by molar-refractivity contribution is -0.344. The maximum absolute atomic E-state index is 11.7. The molecule has 6 fully saturated rings. The number of carboxylic acids is 1. The van der Waals surface area contributed by atoms with Crippen LogP contribution in [0.2, 0.25) is 0 Å². The van der Waals surface area contributed by atoms with Crippen LogP contribution in [0.4, 0.5) is 0 Å². The van der Waals surface area contributed by atoms with Gasteiger partial charge in [-0.25, -0.2) is 4.79 Å². The van der Waals surface area contributed by atoms with Gasteiger partial charge in [0.25, 0.3) is 0 Å². The molecule has 6 saturated heterocycles. The summed E-state index contributed by atoms with van der Waals surface area (Å²) in [5, 5.41) is 54.6. The highest BCUT2D eigenvalue weighted by molar-refractivity contribution is 5.76. The Morgan fingerprint density at radius 1 is 1.07 bits per heavy atom. The smallest absolute Gasteiger partial charge is 0.335 e. The van der Waals surface area contributed by atoms with Crippen molar-refractivity contribution in [1.29, 1.82) is 0 Å². The number of ether oxygens (including phenoxy) is 7. The molecule has 0 aromatic heterocycles. The molecular weight excluding hydrogens is 760 g/mol. The summed E-state index contributed by atoms with van der Waals surface area (Å²) in [6.07, 6.45) is 8.36. The molecule has 7 rings (SSSR count). The summed E-state index contributed by atoms with van der Waals surface area (Å²) in [4.78, 5) is 11.7. The van der Waals surface area contributed by atoms with Crippen molar-refractivity contribution < 1.29 is 63.5 Å². The van der Waals surface area contributed by atoms with Gasteiger partial charge < -0.3 is 58.7 Å². The first-order valence-electron chi connectivity index (χ1n) is 22.3. The van der Waals surface area contributed by atoms with Crippen LogP contribution in [0.5, 0.6) is 0 Å². The van der Waals surface area contributed by atoms with E-state index in [4.69, 9.17) is 33.2 Å². The van der Waals surface area contributed by atoms with Gasteiger partial charge in [-0.05, 0) is 116 Å². The molecule has 334 valence electrons. The van der Waals surface area contributed by atoms with Gasteiger partial charge in [0, 0.05) is 37.2 Å². The number of aliphatic hydroxyl groups excluding tert-OH is 3. The third-order valence-electron chi connectivity index (χ3n) is 15.0. The third kappa shape index (κ3) is 9.32. The summed E-state index contributed by atoms with van der Waals surface area (Å²) in [6.45, 7) is 19.8. The lowest BCUT2D eigenvalue weighted by Gasteiger charge is -2.52. The number of fused-ring (bicyclic) bond motifs is 1. The molecule has 0 amide bonds. The summed E-state index contributed by atoms with van der Waals surface area (Å²) in [6, 6.07) is 0. The molecule has 7 aliphatic heterocycles. The minimum absolute atomic E-state index is 0.0463. The Bertz CT molecular complexity index is 1610. The Labute approximate surface area is 350 Å². The van der Waals surface area contributed by atoms with Crippen LogP contribution >= 0.6 is 0 Å². The molecule has 7 heterocycles. The van der Waals surface area contributed by atoms with Gasteiger partial charge in [0.15, 0.2) is 11.4 Å². The average molecular weight is 833 g/mol. The van der Waals surface area contributed by atoms with E-state index in [0.29, 0.717) is 56.9 Å². The quantitative estimate of drug-likeness (QED) is 0.174. The van der Waals surface area contributed by atoms with E-state index in [2.05, 4.69) is 32.6 Å². The Hall–Kier alpha value is -1.75. The zero-order valence-electron chi connectivity index (χ0n) is 36.4. The number of carboxylic acid groups (broad SMARTS) is 1. The molecule has 59 heavy (non-hydrogen) atoms. The summed E-state index contributed by atoms with van der Waals surface area (Å²) < 4.78 is 45.2. The molecule has 13 nitrogen and oxygen atoms in total. The molecule has 7 aliphatic rings. The van der Waals surface area contributed by atoms with Crippen LogP contribution in [0, 0.1) is 23.2 Å². The van der Waals surface area contributed by atoms with Crippen molar-refractivity contribution in [2.45, 2.75) is 203 Å². The number of hydrogen-bond donors (Lipinski definition) is 5. The van der Waals surface area contributed by atoms with Gasteiger partial charge in [-0.15, -0.1) is 0 Å². The monoisotopic (exact) mass is 832 g/mol. The van der Waals surface area contributed by atoms with Crippen LogP contribution in [-0.4, -0.2) is 129 Å². The van der Waals surface area contributed by atoms with Crippen LogP contribution in [0.3, 0.4) is 0 Å². The van der Waals surface area contributed by atoms with E-state index >= 15 is 0 Å². The summed E-state index contributed by atoms with van der Waals surface area (Å²) in [5.41, 5.74) is -2.25. The zero-order chi connectivity index (χ0) is 42.8. The van der Waals surface area contributed by atoms with Crippen molar-refractivity contribution in [3.63, 3.8) is 0 Å². The molecule has 3 spiro atoms. The van der Waals surface area contributed by atoms with E-state index in [1.165, 1.54) is 6.92 Å². The molecular formula is C46H72O13. The number of rotatable bonds is 10. The highest BCUT2D eigenvalue weighted by Crippen LogP contribution is 2.51. The van der Waals surface area contributed by atoms with Crippen LogP contribution in [0.15, 0.2) is 36.0 Å². The largest absolute Gasteiger partial charge is 0.479 e. The Morgan fingerprint density at radius 3 is 2.54 bits per heavy atom. The minimum atomic E-state index is -2.00. The summed E-state index contributed by atoms with van der Waals surface area (Å²) in [5.74, 6) is -3.39. The van der Waals surface area contributed by atoms with Crippen LogP contribution < -0.4 is 0 Å². The van der Waals surface area contributed by atoms with Gasteiger partial charge in [0.05, 0.1) is 48.8 Å². The first-order chi connectivity index (χ1) is 27.6. The first-order valence-corrected chi connectivity index (χ1v) is 22.3. The first kappa shape index (κ1) is 45.3. The Morgan fingerprint density at radius 2 is 1.83 bits per heavy atom. The predicted octanol–water partition coefficient (Wildman–Crippen LogP) is 5.50. The topological polar surface area (TPSA) is 183 Å². The molecule has 13 heteroatoms. The molecule has 0 aromatic rings. The molecule has 0 aliphatic carbocycles. The molecule has 0 unspecified atom stereocenters. The van der Waals surface area contributed by atoms with Crippen LogP contribution in [-0.2, 0) is 38.0 Å². The molecule has 0 bridgehead atoms. The minimum Gasteiger partial charge on any atom is -0.479 e. The SMILES string of the molecule is C=C1[C@H](O)[C@@H]2O[C@]3(CC[C@@H]2O[C@@H]1[C@H](O)C[C@H](C)[C@@H]1C[C@]2(CCCOC2)CO[C@@H]1C)CC[C@](C)(/C=C/[C@H](C)[C@@H]1CC(C)=C[C@]2(O1)O[C@](C)(C[C@@](C)(O)C(=O)O)CC[C@H]2O)O3. The fourth-order valence-electron chi connectivity index (χ4n) is 11.5. The fourth-order valence-corrected chi connectivity index (χ4v) is 11.5. The number of aliphatic hydroxyl groups is 4. The number of carbonyl (C=O) groups is 1. The van der Waals surface area contributed by atoms with Crippen molar-refractivity contribution in [1.82, 2.24) is 0 Å². The molecule has 5 N–H and O–H groups in total. The van der Waals surface area contributed by atoms with Gasteiger partial charge in [0.1, 0.15) is 24.4 Å². The van der Waals surface area contributed by atoms with E-state index in [1.807, 2.05) is 20.8 Å². The van der Waals surface area contributed by atoms with Crippen molar-refractivity contribution in [2.24, 2.45) is 23.2 Å². The maximum Gasteiger partial charge on any atom is 0.335 e. The second-order valence-corrected chi connectivity index (χ2v) is 20.5. The van der Waals surface area contributed by atoms with Gasteiger partial charge >= 0.3 is 5.97 Å². The van der Waals surface area contributed by atoms with Crippen molar-refractivity contribution in [3.8, 4) is 0 Å². The van der Waals surface area contributed by atoms with E-state index in [9.17, 15) is 30.3 Å². The Balaban J connectivity index is 0.948. The van der Waals surface area contributed by atoms with Crippen LogP contribution in [0.1, 0.15) is 126 Å². The second-order valence-electron chi connectivity index (χ2n) is 20.5. The van der Waals surface area contributed by atoms with Crippen molar-refractivity contribution in [3.05, 3.63) is 36.0 Å². The Kier molecular flexibility index (Phi) is 12.9. The second kappa shape index (κ2) is 16.7. The molecule has 0 saturated carbocycles. The van der Waals surface area contributed by atoms with Gasteiger partial charge in [-0.1, -0.05) is 38.2 Å². The average Bonchev–Trinajstić information content (AvgIpc) is 3.50. The molecule has 0 aromatic carbocycles. The van der Waals surface area contributed by atoms with E-state index in [0.717, 1.165) is 44.7 Å². The van der Waals surface area contributed by atoms with Crippen LogP contribution in [0.25, 0.3) is 0 Å². The lowest BCUT2D eigenvalue weighted by Crippen LogP contribution is -2.60. The highest BCUT2D eigenvalue weighted by Gasteiger charge is 2.57. The van der Waals surface area contributed by atoms with Crippen molar-refractivity contribution >= 4 is 5.97 Å². The summed E-state index contributed by atoms with van der Waals surface area (Å²) in [7, 11) is 0.